The van der Waals surface area contributed by atoms with Crippen molar-refractivity contribution in [2.24, 2.45) is 11.7 Å². The Morgan fingerprint density at radius 2 is 1.89 bits per heavy atom. The lowest BCUT2D eigenvalue weighted by Gasteiger charge is -2.18. The van der Waals surface area contributed by atoms with E-state index in [0.29, 0.717) is 12.3 Å². The molecule has 1 amide bonds. The first-order chi connectivity index (χ1) is 8.99. The normalized spacial score (nSPS) is 14.4. The summed E-state index contributed by atoms with van der Waals surface area (Å²) >= 11 is 0. The molecule has 0 saturated carbocycles. The summed E-state index contributed by atoms with van der Waals surface area (Å²) in [6, 6.07) is 0.258. The van der Waals surface area contributed by atoms with E-state index in [1.165, 1.54) is 12.8 Å². The third-order valence-electron chi connectivity index (χ3n) is 3.47. The lowest BCUT2D eigenvalue weighted by molar-refractivity contribution is -0.122. The van der Waals surface area contributed by atoms with Crippen molar-refractivity contribution < 1.29 is 4.79 Å². The van der Waals surface area contributed by atoms with Crippen molar-refractivity contribution in [3.05, 3.63) is 0 Å². The average molecular weight is 271 g/mol. The molecule has 0 radical (unpaired) electrons. The second-order valence-electron chi connectivity index (χ2n) is 5.83. The van der Waals surface area contributed by atoms with Gasteiger partial charge in [-0.05, 0) is 59.3 Å². The number of carbonyl (C=O) groups excluding carboxylic acids is 1. The Hall–Kier alpha value is -0.610. The number of hydrogen-bond acceptors (Lipinski definition) is 3. The molecular weight excluding hydrogens is 238 g/mol. The standard InChI is InChI=1S/C15H33N3O/c1-5-6-14(9-11-16)7-8-15(19)17-13(2)10-12-18(3)4/h13-14H,5-12,16H2,1-4H3,(H,17,19). The van der Waals surface area contributed by atoms with Gasteiger partial charge in [0.1, 0.15) is 0 Å². The molecule has 4 heteroatoms. The van der Waals surface area contributed by atoms with Gasteiger partial charge in [-0.15, -0.1) is 0 Å². The van der Waals surface area contributed by atoms with Crippen LogP contribution < -0.4 is 11.1 Å². The number of hydrogen-bond donors (Lipinski definition) is 2. The summed E-state index contributed by atoms with van der Waals surface area (Å²) in [6.45, 7) is 6.00. The minimum absolute atomic E-state index is 0.185. The van der Waals surface area contributed by atoms with Gasteiger partial charge in [0.15, 0.2) is 0 Å². The van der Waals surface area contributed by atoms with Crippen molar-refractivity contribution in [1.29, 1.82) is 0 Å². The van der Waals surface area contributed by atoms with Gasteiger partial charge in [0, 0.05) is 12.5 Å². The largest absolute Gasteiger partial charge is 0.354 e. The maximum absolute atomic E-state index is 11.9. The molecule has 0 saturated heterocycles. The van der Waals surface area contributed by atoms with Crippen LogP contribution in [0.25, 0.3) is 0 Å². The molecule has 0 spiro atoms. The molecule has 0 heterocycles. The zero-order chi connectivity index (χ0) is 14.7. The van der Waals surface area contributed by atoms with Crippen LogP contribution in [0.4, 0.5) is 0 Å². The lowest BCUT2D eigenvalue weighted by atomic mass is 9.94. The van der Waals surface area contributed by atoms with Gasteiger partial charge in [0.05, 0.1) is 0 Å². The molecule has 0 aliphatic carbocycles. The number of nitrogens with zero attached hydrogens (tertiary/aromatic N) is 1. The van der Waals surface area contributed by atoms with Crippen molar-refractivity contribution >= 4 is 5.91 Å². The molecule has 0 rings (SSSR count). The summed E-state index contributed by atoms with van der Waals surface area (Å²) in [5.41, 5.74) is 5.61. The number of amides is 1. The van der Waals surface area contributed by atoms with Crippen LogP contribution in [-0.2, 0) is 4.79 Å². The summed E-state index contributed by atoms with van der Waals surface area (Å²) in [5, 5.41) is 3.08. The summed E-state index contributed by atoms with van der Waals surface area (Å²) in [5.74, 6) is 0.794. The van der Waals surface area contributed by atoms with E-state index in [1.807, 2.05) is 0 Å². The van der Waals surface area contributed by atoms with E-state index in [9.17, 15) is 4.79 Å². The molecule has 114 valence electrons. The van der Waals surface area contributed by atoms with E-state index in [1.54, 1.807) is 0 Å². The van der Waals surface area contributed by atoms with Crippen molar-refractivity contribution in [2.75, 3.05) is 27.2 Å². The molecule has 3 N–H and O–H groups in total. The average Bonchev–Trinajstić information content (AvgIpc) is 2.34. The predicted molar refractivity (Wildman–Crippen MR) is 82.1 cm³/mol. The molecule has 0 aliphatic heterocycles. The lowest BCUT2D eigenvalue weighted by Crippen LogP contribution is -2.34. The smallest absolute Gasteiger partial charge is 0.220 e. The quantitative estimate of drug-likeness (QED) is 0.604. The molecule has 0 aromatic carbocycles. The highest BCUT2D eigenvalue weighted by Crippen LogP contribution is 2.16. The Bertz CT molecular complexity index is 225. The van der Waals surface area contributed by atoms with Crippen LogP contribution in [0.2, 0.25) is 0 Å². The number of carbonyl (C=O) groups is 1. The van der Waals surface area contributed by atoms with Gasteiger partial charge >= 0.3 is 0 Å². The van der Waals surface area contributed by atoms with E-state index >= 15 is 0 Å². The Morgan fingerprint density at radius 1 is 1.21 bits per heavy atom. The van der Waals surface area contributed by atoms with Crippen molar-refractivity contribution in [3.8, 4) is 0 Å². The van der Waals surface area contributed by atoms with Gasteiger partial charge in [0.25, 0.3) is 0 Å². The minimum Gasteiger partial charge on any atom is -0.354 e. The second kappa shape index (κ2) is 11.2. The number of nitrogens with one attached hydrogen (secondary N) is 1. The van der Waals surface area contributed by atoms with E-state index in [0.717, 1.165) is 32.4 Å². The molecule has 0 aromatic rings. The predicted octanol–water partition coefficient (Wildman–Crippen LogP) is 1.99. The van der Waals surface area contributed by atoms with Crippen molar-refractivity contribution in [1.82, 2.24) is 10.2 Å². The van der Waals surface area contributed by atoms with Gasteiger partial charge < -0.3 is 16.0 Å². The van der Waals surface area contributed by atoms with Gasteiger partial charge in [-0.2, -0.15) is 0 Å². The van der Waals surface area contributed by atoms with Gasteiger partial charge in [-0.25, -0.2) is 0 Å². The molecule has 2 atom stereocenters. The fourth-order valence-electron chi connectivity index (χ4n) is 2.28. The molecule has 4 nitrogen and oxygen atoms in total. The maximum atomic E-state index is 11.9. The second-order valence-corrected chi connectivity index (χ2v) is 5.83. The van der Waals surface area contributed by atoms with Crippen LogP contribution in [-0.4, -0.2) is 44.0 Å². The van der Waals surface area contributed by atoms with Crippen LogP contribution >= 0.6 is 0 Å². The monoisotopic (exact) mass is 271 g/mol. The van der Waals surface area contributed by atoms with Gasteiger partial charge in [0.2, 0.25) is 5.91 Å². The zero-order valence-corrected chi connectivity index (χ0v) is 13.2. The molecule has 0 aliphatic rings. The molecule has 0 aromatic heterocycles. The third kappa shape index (κ3) is 11.0. The van der Waals surface area contributed by atoms with Crippen LogP contribution in [0.3, 0.4) is 0 Å². The fourth-order valence-corrected chi connectivity index (χ4v) is 2.28. The van der Waals surface area contributed by atoms with Crippen LogP contribution in [0.5, 0.6) is 0 Å². The summed E-state index contributed by atoms with van der Waals surface area (Å²) in [7, 11) is 4.10. The first kappa shape index (κ1) is 18.4. The number of rotatable bonds is 11. The Kier molecular flexibility index (Phi) is 10.9. The minimum atomic E-state index is 0.185. The zero-order valence-electron chi connectivity index (χ0n) is 13.2. The summed E-state index contributed by atoms with van der Waals surface area (Å²) in [4.78, 5) is 14.0. The summed E-state index contributed by atoms with van der Waals surface area (Å²) in [6.07, 6.45) is 6.00. The molecular formula is C15H33N3O. The highest BCUT2D eigenvalue weighted by molar-refractivity contribution is 5.76. The van der Waals surface area contributed by atoms with Crippen LogP contribution in [0, 0.1) is 5.92 Å². The Balaban J connectivity index is 3.82. The molecule has 2 unspecified atom stereocenters. The first-order valence-electron chi connectivity index (χ1n) is 7.63. The Morgan fingerprint density at radius 3 is 2.42 bits per heavy atom. The topological polar surface area (TPSA) is 58.4 Å². The van der Waals surface area contributed by atoms with Gasteiger partial charge in [-0.1, -0.05) is 19.8 Å². The highest BCUT2D eigenvalue weighted by Gasteiger charge is 2.12. The Labute approximate surface area is 119 Å². The maximum Gasteiger partial charge on any atom is 0.220 e. The van der Waals surface area contributed by atoms with E-state index in [-0.39, 0.29) is 11.9 Å². The van der Waals surface area contributed by atoms with Crippen molar-refractivity contribution in [2.45, 2.75) is 58.4 Å². The van der Waals surface area contributed by atoms with Crippen molar-refractivity contribution in [3.63, 3.8) is 0 Å². The highest BCUT2D eigenvalue weighted by atomic mass is 16.1. The van der Waals surface area contributed by atoms with Gasteiger partial charge in [-0.3, -0.25) is 4.79 Å². The molecule has 0 fully saturated rings. The SMILES string of the molecule is CCCC(CCN)CCC(=O)NC(C)CCN(C)C. The third-order valence-corrected chi connectivity index (χ3v) is 3.47. The van der Waals surface area contributed by atoms with Crippen LogP contribution in [0.15, 0.2) is 0 Å². The van der Waals surface area contributed by atoms with E-state index < -0.39 is 0 Å². The van der Waals surface area contributed by atoms with E-state index in [4.69, 9.17) is 5.73 Å². The van der Waals surface area contributed by atoms with Crippen LogP contribution in [0.1, 0.15) is 52.4 Å². The first-order valence-corrected chi connectivity index (χ1v) is 7.63. The van der Waals surface area contributed by atoms with E-state index in [2.05, 4.69) is 38.2 Å². The summed E-state index contributed by atoms with van der Waals surface area (Å²) < 4.78 is 0. The molecule has 0 bridgehead atoms. The number of nitrogens with two attached hydrogens (primary N) is 1. The molecule has 19 heavy (non-hydrogen) atoms. The fraction of sp³-hybridized carbons (Fsp3) is 0.933.